The molecule has 0 aliphatic carbocycles. The van der Waals surface area contributed by atoms with Crippen LogP contribution in [0.25, 0.3) is 0 Å². The number of pyridine rings is 2. The topological polar surface area (TPSA) is 46.1 Å². The molecule has 18 heavy (non-hydrogen) atoms. The van der Waals surface area contributed by atoms with E-state index in [4.69, 9.17) is 0 Å². The van der Waals surface area contributed by atoms with Gasteiger partial charge in [-0.15, -0.1) is 0 Å². The first-order valence-corrected chi connectivity index (χ1v) is 5.57. The molecule has 5 heteroatoms. The minimum Gasteiger partial charge on any atom is -0.328 e. The summed E-state index contributed by atoms with van der Waals surface area (Å²) in [5, 5.41) is 0. The maximum Gasteiger partial charge on any atom is 0.257 e. The van der Waals surface area contributed by atoms with E-state index in [2.05, 4.69) is 9.97 Å². The molecule has 3 heterocycles. The van der Waals surface area contributed by atoms with Gasteiger partial charge >= 0.3 is 0 Å². The standard InChI is InChI=1S/C13H10FN3O/c14-11-6-15-5-3-10(11)13(18)17-7-9-2-1-4-16-12(9)8-17/h1-6H,7-8H2. The van der Waals surface area contributed by atoms with E-state index < -0.39 is 5.82 Å². The summed E-state index contributed by atoms with van der Waals surface area (Å²) in [7, 11) is 0. The lowest BCUT2D eigenvalue weighted by atomic mass is 10.2. The Balaban J connectivity index is 1.87. The van der Waals surface area contributed by atoms with Crippen molar-refractivity contribution in [2.45, 2.75) is 13.1 Å². The molecule has 2 aromatic heterocycles. The highest BCUT2D eigenvalue weighted by molar-refractivity contribution is 5.94. The van der Waals surface area contributed by atoms with Crippen LogP contribution >= 0.6 is 0 Å². The average Bonchev–Trinajstić information content (AvgIpc) is 2.82. The molecule has 1 aliphatic heterocycles. The van der Waals surface area contributed by atoms with Crippen molar-refractivity contribution in [2.24, 2.45) is 0 Å². The van der Waals surface area contributed by atoms with Crippen molar-refractivity contribution in [3.8, 4) is 0 Å². The highest BCUT2D eigenvalue weighted by Gasteiger charge is 2.26. The molecule has 3 rings (SSSR count). The second-order valence-corrected chi connectivity index (χ2v) is 4.13. The number of nitrogens with zero attached hydrogens (tertiary/aromatic N) is 3. The summed E-state index contributed by atoms with van der Waals surface area (Å²) in [5.74, 6) is -0.917. The first-order valence-electron chi connectivity index (χ1n) is 5.57. The van der Waals surface area contributed by atoms with Crippen LogP contribution in [-0.2, 0) is 13.1 Å². The molecule has 0 spiro atoms. The van der Waals surface area contributed by atoms with Crippen LogP contribution in [0.2, 0.25) is 0 Å². The quantitative estimate of drug-likeness (QED) is 0.766. The van der Waals surface area contributed by atoms with Gasteiger partial charge in [0.1, 0.15) is 0 Å². The number of carbonyl (C=O) groups excluding carboxylic acids is 1. The van der Waals surface area contributed by atoms with Gasteiger partial charge in [-0.25, -0.2) is 4.39 Å². The van der Waals surface area contributed by atoms with Gasteiger partial charge < -0.3 is 4.90 Å². The summed E-state index contributed by atoms with van der Waals surface area (Å²) < 4.78 is 13.5. The van der Waals surface area contributed by atoms with Crippen LogP contribution in [0.4, 0.5) is 4.39 Å². The van der Waals surface area contributed by atoms with E-state index in [1.54, 1.807) is 11.1 Å². The largest absolute Gasteiger partial charge is 0.328 e. The Kier molecular flexibility index (Phi) is 2.51. The van der Waals surface area contributed by atoms with Crippen molar-refractivity contribution in [1.82, 2.24) is 14.9 Å². The third-order valence-corrected chi connectivity index (χ3v) is 2.98. The maximum atomic E-state index is 13.5. The van der Waals surface area contributed by atoms with Crippen LogP contribution < -0.4 is 0 Å². The maximum absolute atomic E-state index is 13.5. The molecular weight excluding hydrogens is 233 g/mol. The van der Waals surface area contributed by atoms with Gasteiger partial charge in [-0.05, 0) is 17.7 Å². The molecule has 0 atom stereocenters. The van der Waals surface area contributed by atoms with Crippen molar-refractivity contribution in [2.75, 3.05) is 0 Å². The summed E-state index contributed by atoms with van der Waals surface area (Å²) in [6.07, 6.45) is 4.16. The second-order valence-electron chi connectivity index (χ2n) is 4.13. The molecule has 0 fully saturated rings. The lowest BCUT2D eigenvalue weighted by molar-refractivity contribution is 0.0745. The van der Waals surface area contributed by atoms with Crippen LogP contribution in [0, 0.1) is 5.82 Å². The zero-order valence-electron chi connectivity index (χ0n) is 9.51. The summed E-state index contributed by atoms with van der Waals surface area (Å²) in [6.45, 7) is 0.903. The van der Waals surface area contributed by atoms with Crippen molar-refractivity contribution in [3.63, 3.8) is 0 Å². The fourth-order valence-corrected chi connectivity index (χ4v) is 2.06. The van der Waals surface area contributed by atoms with Gasteiger partial charge in [0, 0.05) is 18.9 Å². The smallest absolute Gasteiger partial charge is 0.257 e. The highest BCUT2D eigenvalue weighted by atomic mass is 19.1. The Hall–Kier alpha value is -2.30. The fourth-order valence-electron chi connectivity index (χ4n) is 2.06. The van der Waals surface area contributed by atoms with Crippen LogP contribution in [0.3, 0.4) is 0 Å². The highest BCUT2D eigenvalue weighted by Crippen LogP contribution is 2.22. The zero-order valence-corrected chi connectivity index (χ0v) is 9.51. The molecule has 4 nitrogen and oxygen atoms in total. The number of halogens is 1. The van der Waals surface area contributed by atoms with E-state index in [1.807, 2.05) is 12.1 Å². The van der Waals surface area contributed by atoms with Gasteiger partial charge in [0.15, 0.2) is 5.82 Å². The van der Waals surface area contributed by atoms with Gasteiger partial charge in [-0.2, -0.15) is 0 Å². The van der Waals surface area contributed by atoms with Crippen molar-refractivity contribution >= 4 is 5.91 Å². The number of aromatic nitrogens is 2. The van der Waals surface area contributed by atoms with E-state index in [0.717, 1.165) is 17.5 Å². The zero-order chi connectivity index (χ0) is 12.5. The van der Waals surface area contributed by atoms with E-state index in [1.165, 1.54) is 12.3 Å². The minimum atomic E-state index is -0.591. The van der Waals surface area contributed by atoms with Crippen molar-refractivity contribution in [1.29, 1.82) is 0 Å². The number of rotatable bonds is 1. The SMILES string of the molecule is O=C(c1ccncc1F)N1Cc2cccnc2C1. The Morgan fingerprint density at radius 1 is 1.28 bits per heavy atom. The number of hydrogen-bond donors (Lipinski definition) is 0. The summed E-state index contributed by atoms with van der Waals surface area (Å²) in [6, 6.07) is 5.16. The van der Waals surface area contributed by atoms with Crippen LogP contribution in [0.15, 0.2) is 36.8 Å². The van der Waals surface area contributed by atoms with E-state index in [9.17, 15) is 9.18 Å². The fraction of sp³-hybridized carbons (Fsp3) is 0.154. The third kappa shape index (κ3) is 1.73. The Morgan fingerprint density at radius 3 is 2.94 bits per heavy atom. The predicted octanol–water partition coefficient (Wildman–Crippen LogP) is 1.77. The van der Waals surface area contributed by atoms with Crippen molar-refractivity contribution < 1.29 is 9.18 Å². The lowest BCUT2D eigenvalue weighted by Gasteiger charge is -2.15. The molecule has 2 aromatic rings. The summed E-state index contributed by atoms with van der Waals surface area (Å²) >= 11 is 0. The number of carbonyl (C=O) groups is 1. The summed E-state index contributed by atoms with van der Waals surface area (Å²) in [4.78, 5) is 21.6. The molecular formula is C13H10FN3O. The van der Waals surface area contributed by atoms with Gasteiger partial charge in [0.05, 0.1) is 24.0 Å². The molecule has 0 N–H and O–H groups in total. The second kappa shape index (κ2) is 4.18. The predicted molar refractivity (Wildman–Crippen MR) is 62.0 cm³/mol. The molecule has 90 valence electrons. The first kappa shape index (κ1) is 10.8. The van der Waals surface area contributed by atoms with E-state index >= 15 is 0 Å². The number of hydrogen-bond acceptors (Lipinski definition) is 3. The molecule has 0 radical (unpaired) electrons. The summed E-state index contributed by atoms with van der Waals surface area (Å²) in [5.41, 5.74) is 1.94. The average molecular weight is 243 g/mol. The van der Waals surface area contributed by atoms with Crippen LogP contribution in [0.5, 0.6) is 0 Å². The lowest BCUT2D eigenvalue weighted by Crippen LogP contribution is -2.26. The molecule has 0 unspecified atom stereocenters. The van der Waals surface area contributed by atoms with Crippen LogP contribution in [0.1, 0.15) is 21.6 Å². The van der Waals surface area contributed by atoms with E-state index in [0.29, 0.717) is 13.1 Å². The minimum absolute atomic E-state index is 0.0535. The molecule has 0 aromatic carbocycles. The monoisotopic (exact) mass is 243 g/mol. The Morgan fingerprint density at radius 2 is 2.17 bits per heavy atom. The van der Waals surface area contributed by atoms with Gasteiger partial charge in [-0.1, -0.05) is 6.07 Å². The van der Waals surface area contributed by atoms with Crippen LogP contribution in [-0.4, -0.2) is 20.8 Å². The molecule has 0 bridgehead atoms. The van der Waals surface area contributed by atoms with E-state index in [-0.39, 0.29) is 11.5 Å². The molecule has 1 aliphatic rings. The third-order valence-electron chi connectivity index (χ3n) is 2.98. The Labute approximate surface area is 103 Å². The Bertz CT molecular complexity index is 590. The van der Waals surface area contributed by atoms with Gasteiger partial charge in [0.25, 0.3) is 5.91 Å². The number of fused-ring (bicyclic) bond motifs is 1. The normalized spacial score (nSPS) is 13.5. The molecule has 0 saturated carbocycles. The van der Waals surface area contributed by atoms with Gasteiger partial charge in [0.2, 0.25) is 0 Å². The van der Waals surface area contributed by atoms with Gasteiger partial charge in [-0.3, -0.25) is 14.8 Å². The molecule has 0 saturated heterocycles. The van der Waals surface area contributed by atoms with Crippen molar-refractivity contribution in [3.05, 3.63) is 59.4 Å². The molecule has 1 amide bonds. The number of amides is 1. The first-order chi connectivity index (χ1) is 8.75.